The molecule has 0 aromatic rings. The number of aliphatic hydroxyl groups excluding tert-OH is 1. The zero-order chi connectivity index (χ0) is 14.8. The molecule has 4 aliphatic carbocycles. The van der Waals surface area contributed by atoms with Crippen LogP contribution in [0.1, 0.15) is 71.6 Å². The quantitative estimate of drug-likeness (QED) is 0.733. The largest absolute Gasteiger partial charge is 0.393 e. The molecule has 0 amide bonds. The molecule has 2 nitrogen and oxygen atoms in total. The summed E-state index contributed by atoms with van der Waals surface area (Å²) in [4.78, 5) is 12.4. The van der Waals surface area contributed by atoms with Gasteiger partial charge in [-0.3, -0.25) is 4.79 Å². The van der Waals surface area contributed by atoms with Crippen molar-refractivity contribution in [2.24, 2.45) is 34.5 Å². The Bertz CT molecular complexity index is 458. The summed E-state index contributed by atoms with van der Waals surface area (Å²) in [7, 11) is 0. The van der Waals surface area contributed by atoms with Gasteiger partial charge < -0.3 is 5.11 Å². The first-order chi connectivity index (χ1) is 9.95. The second-order valence-electron chi connectivity index (χ2n) is 9.00. The minimum Gasteiger partial charge on any atom is -0.393 e. The van der Waals surface area contributed by atoms with Crippen molar-refractivity contribution in [1.82, 2.24) is 0 Å². The number of rotatable bonds is 0. The number of aliphatic hydroxyl groups is 1. The number of hydrogen-bond acceptors (Lipinski definition) is 2. The summed E-state index contributed by atoms with van der Waals surface area (Å²) in [6.07, 6.45) is 10.1. The van der Waals surface area contributed by atoms with Crippen molar-refractivity contribution in [3.63, 3.8) is 0 Å². The highest BCUT2D eigenvalue weighted by molar-refractivity contribution is 5.87. The SMILES string of the molecule is C[C@]12CC[C@H](O)C[C@@H]1CC[C@H]1[C@H]3CCC(=O)[C@]3(C)CC[C@@H]12. The second-order valence-corrected chi connectivity index (χ2v) is 9.00. The second kappa shape index (κ2) is 4.57. The van der Waals surface area contributed by atoms with Gasteiger partial charge in [-0.2, -0.15) is 0 Å². The zero-order valence-corrected chi connectivity index (χ0v) is 13.6. The van der Waals surface area contributed by atoms with E-state index in [4.69, 9.17) is 0 Å². The van der Waals surface area contributed by atoms with Crippen LogP contribution in [0.3, 0.4) is 0 Å². The van der Waals surface area contributed by atoms with Crippen LogP contribution in [0.4, 0.5) is 0 Å². The Kier molecular flexibility index (Phi) is 3.10. The third-order valence-electron chi connectivity index (χ3n) is 8.35. The van der Waals surface area contributed by atoms with Crippen molar-refractivity contribution >= 4 is 5.78 Å². The van der Waals surface area contributed by atoms with Crippen LogP contribution in [-0.4, -0.2) is 17.0 Å². The Morgan fingerprint density at radius 2 is 1.81 bits per heavy atom. The topological polar surface area (TPSA) is 37.3 Å². The minimum atomic E-state index is -0.0541. The Labute approximate surface area is 128 Å². The number of carbonyl (C=O) groups excluding carboxylic acids is 1. The molecule has 0 unspecified atom stereocenters. The standard InChI is InChI=1S/C19H30O2/c1-18-9-7-13(20)11-12(18)3-4-14-15-5-6-17(21)19(15,2)10-8-16(14)18/h12-16,20H,3-11H2,1-2H3/t12-,13-,14-,15+,16-,18-,19+/m0/s1. The van der Waals surface area contributed by atoms with E-state index in [9.17, 15) is 9.90 Å². The molecule has 0 radical (unpaired) electrons. The highest BCUT2D eigenvalue weighted by atomic mass is 16.3. The van der Waals surface area contributed by atoms with E-state index in [0.29, 0.717) is 17.1 Å². The molecule has 4 saturated carbocycles. The lowest BCUT2D eigenvalue weighted by atomic mass is 9.45. The third kappa shape index (κ3) is 1.84. The third-order valence-corrected chi connectivity index (χ3v) is 8.35. The molecule has 7 atom stereocenters. The van der Waals surface area contributed by atoms with E-state index in [2.05, 4.69) is 13.8 Å². The maximum absolute atomic E-state index is 12.4. The van der Waals surface area contributed by atoms with Gasteiger partial charge in [-0.1, -0.05) is 13.8 Å². The van der Waals surface area contributed by atoms with Gasteiger partial charge in [0, 0.05) is 11.8 Å². The fourth-order valence-corrected chi connectivity index (χ4v) is 7.01. The summed E-state index contributed by atoms with van der Waals surface area (Å²) in [5.74, 6) is 3.54. The summed E-state index contributed by atoms with van der Waals surface area (Å²) >= 11 is 0. The van der Waals surface area contributed by atoms with Crippen molar-refractivity contribution in [3.05, 3.63) is 0 Å². The van der Waals surface area contributed by atoms with E-state index >= 15 is 0 Å². The molecular formula is C19H30O2. The number of hydrogen-bond donors (Lipinski definition) is 1. The van der Waals surface area contributed by atoms with Crippen LogP contribution in [-0.2, 0) is 4.79 Å². The molecule has 2 heteroatoms. The smallest absolute Gasteiger partial charge is 0.139 e. The first kappa shape index (κ1) is 14.2. The van der Waals surface area contributed by atoms with E-state index in [-0.39, 0.29) is 11.5 Å². The molecule has 21 heavy (non-hydrogen) atoms. The Morgan fingerprint density at radius 1 is 1.00 bits per heavy atom. The van der Waals surface area contributed by atoms with E-state index in [0.717, 1.165) is 49.9 Å². The molecule has 0 aromatic carbocycles. The van der Waals surface area contributed by atoms with E-state index < -0.39 is 0 Å². The molecule has 0 aromatic heterocycles. The number of Topliss-reactive ketones (excluding diaryl/α,β-unsaturated/α-hetero) is 1. The Hall–Kier alpha value is -0.370. The molecule has 0 bridgehead atoms. The van der Waals surface area contributed by atoms with Gasteiger partial charge in [-0.25, -0.2) is 0 Å². The fourth-order valence-electron chi connectivity index (χ4n) is 7.01. The van der Waals surface area contributed by atoms with Crippen molar-refractivity contribution < 1.29 is 9.90 Å². The Balaban J connectivity index is 1.64. The molecular weight excluding hydrogens is 260 g/mol. The first-order valence-electron chi connectivity index (χ1n) is 9.16. The van der Waals surface area contributed by atoms with Gasteiger partial charge in [0.2, 0.25) is 0 Å². The fraction of sp³-hybridized carbons (Fsp3) is 0.947. The lowest BCUT2D eigenvalue weighted by Gasteiger charge is -2.60. The monoisotopic (exact) mass is 290 g/mol. The van der Waals surface area contributed by atoms with Gasteiger partial charge in [0.1, 0.15) is 5.78 Å². The van der Waals surface area contributed by atoms with E-state index in [1.165, 1.54) is 25.7 Å². The maximum atomic E-state index is 12.4. The van der Waals surface area contributed by atoms with Gasteiger partial charge in [0.25, 0.3) is 0 Å². The summed E-state index contributed by atoms with van der Waals surface area (Å²) in [5, 5.41) is 10.0. The predicted octanol–water partition coefficient (Wildman–Crippen LogP) is 3.96. The molecule has 4 rings (SSSR count). The highest BCUT2D eigenvalue weighted by Gasteiger charge is 2.60. The molecule has 0 heterocycles. The lowest BCUT2D eigenvalue weighted by molar-refractivity contribution is -0.142. The minimum absolute atomic E-state index is 0.0124. The van der Waals surface area contributed by atoms with Gasteiger partial charge in [-0.05, 0) is 80.5 Å². The van der Waals surface area contributed by atoms with Crippen LogP contribution in [0.2, 0.25) is 0 Å². The molecule has 1 N–H and O–H groups in total. The number of carbonyl (C=O) groups is 1. The molecule has 4 aliphatic rings. The predicted molar refractivity (Wildman–Crippen MR) is 82.7 cm³/mol. The van der Waals surface area contributed by atoms with E-state index in [1.807, 2.05) is 0 Å². The molecule has 118 valence electrons. The van der Waals surface area contributed by atoms with Crippen LogP contribution in [0.25, 0.3) is 0 Å². The van der Waals surface area contributed by atoms with E-state index in [1.54, 1.807) is 0 Å². The van der Waals surface area contributed by atoms with Crippen molar-refractivity contribution in [1.29, 1.82) is 0 Å². The van der Waals surface area contributed by atoms with Crippen LogP contribution in [0.5, 0.6) is 0 Å². The van der Waals surface area contributed by atoms with Gasteiger partial charge in [0.15, 0.2) is 0 Å². The van der Waals surface area contributed by atoms with Crippen molar-refractivity contribution in [3.8, 4) is 0 Å². The average Bonchev–Trinajstić information content (AvgIpc) is 2.76. The zero-order valence-electron chi connectivity index (χ0n) is 13.6. The van der Waals surface area contributed by atoms with Crippen molar-refractivity contribution in [2.75, 3.05) is 0 Å². The summed E-state index contributed by atoms with van der Waals surface area (Å²) < 4.78 is 0. The van der Waals surface area contributed by atoms with Crippen molar-refractivity contribution in [2.45, 2.75) is 77.7 Å². The molecule has 0 saturated heterocycles. The summed E-state index contributed by atoms with van der Waals surface area (Å²) in [6, 6.07) is 0. The highest BCUT2D eigenvalue weighted by Crippen LogP contribution is 2.65. The van der Waals surface area contributed by atoms with Gasteiger partial charge >= 0.3 is 0 Å². The first-order valence-corrected chi connectivity index (χ1v) is 9.16. The van der Waals surface area contributed by atoms with Gasteiger partial charge in [-0.15, -0.1) is 0 Å². The van der Waals surface area contributed by atoms with Crippen LogP contribution >= 0.6 is 0 Å². The number of fused-ring (bicyclic) bond motifs is 5. The molecule has 0 aliphatic heterocycles. The number of ketones is 1. The van der Waals surface area contributed by atoms with Crippen LogP contribution in [0.15, 0.2) is 0 Å². The maximum Gasteiger partial charge on any atom is 0.139 e. The van der Waals surface area contributed by atoms with Crippen LogP contribution in [0, 0.1) is 34.5 Å². The lowest BCUT2D eigenvalue weighted by Crippen LogP contribution is -2.54. The summed E-state index contributed by atoms with van der Waals surface area (Å²) in [5.41, 5.74) is 0.452. The summed E-state index contributed by atoms with van der Waals surface area (Å²) in [6.45, 7) is 4.78. The average molecular weight is 290 g/mol. The van der Waals surface area contributed by atoms with Gasteiger partial charge in [0.05, 0.1) is 6.10 Å². The van der Waals surface area contributed by atoms with Crippen LogP contribution < -0.4 is 0 Å². The Morgan fingerprint density at radius 3 is 2.62 bits per heavy atom. The normalized spacial score (nSPS) is 56.5. The molecule has 4 fully saturated rings. The molecule has 0 spiro atoms.